The molecule has 6 nitrogen and oxygen atoms in total. The van der Waals surface area contributed by atoms with Crippen molar-refractivity contribution >= 4 is 10.0 Å². The van der Waals surface area contributed by atoms with E-state index in [9.17, 15) is 8.42 Å². The molecule has 0 saturated carbocycles. The molecule has 0 bridgehead atoms. The molecule has 0 spiro atoms. The molecule has 1 heterocycles. The van der Waals surface area contributed by atoms with Crippen LogP contribution in [0.5, 0.6) is 0 Å². The van der Waals surface area contributed by atoms with Gasteiger partial charge < -0.3 is 14.8 Å². The normalized spacial score (nSPS) is 15.4. The molecule has 0 fully saturated rings. The molecule has 0 aromatic carbocycles. The molecular formula is C12H22N2O4S. The summed E-state index contributed by atoms with van der Waals surface area (Å²) >= 11 is 0. The van der Waals surface area contributed by atoms with Crippen molar-refractivity contribution < 1.29 is 17.9 Å². The highest BCUT2D eigenvalue weighted by Gasteiger charge is 2.30. The summed E-state index contributed by atoms with van der Waals surface area (Å²) in [6, 6.07) is 3.06. The molecule has 1 aromatic heterocycles. The predicted octanol–water partition coefficient (Wildman–Crippen LogP) is 0.828. The summed E-state index contributed by atoms with van der Waals surface area (Å²) in [7, 11) is -1.95. The SMILES string of the molecule is CCC(C)(CCO)NS(=O)(=O)c1ccc(CNC)o1. The average molecular weight is 290 g/mol. The van der Waals surface area contributed by atoms with Gasteiger partial charge in [0, 0.05) is 12.1 Å². The lowest BCUT2D eigenvalue weighted by Gasteiger charge is -2.27. The Balaban J connectivity index is 2.90. The van der Waals surface area contributed by atoms with Crippen molar-refractivity contribution in [3.05, 3.63) is 17.9 Å². The van der Waals surface area contributed by atoms with Gasteiger partial charge in [-0.15, -0.1) is 0 Å². The first-order valence-corrected chi connectivity index (χ1v) is 7.73. The van der Waals surface area contributed by atoms with Gasteiger partial charge in [0.05, 0.1) is 6.54 Å². The van der Waals surface area contributed by atoms with Crippen LogP contribution >= 0.6 is 0 Å². The Morgan fingerprint density at radius 2 is 2.11 bits per heavy atom. The number of aliphatic hydroxyl groups excluding tert-OH is 1. The zero-order valence-corrected chi connectivity index (χ0v) is 12.4. The fraction of sp³-hybridized carbons (Fsp3) is 0.667. The van der Waals surface area contributed by atoms with Crippen molar-refractivity contribution in [1.29, 1.82) is 0 Å². The average Bonchev–Trinajstić information content (AvgIpc) is 2.78. The van der Waals surface area contributed by atoms with Gasteiger partial charge in [-0.3, -0.25) is 0 Å². The van der Waals surface area contributed by atoms with Crippen LogP contribution in [0.1, 0.15) is 32.4 Å². The molecule has 1 rings (SSSR count). The second kappa shape index (κ2) is 6.51. The van der Waals surface area contributed by atoms with E-state index in [0.717, 1.165) is 0 Å². The van der Waals surface area contributed by atoms with Crippen LogP contribution < -0.4 is 10.0 Å². The van der Waals surface area contributed by atoms with Crippen molar-refractivity contribution in [1.82, 2.24) is 10.0 Å². The number of aliphatic hydroxyl groups is 1. The Hall–Kier alpha value is -0.890. The first-order chi connectivity index (χ1) is 8.87. The highest BCUT2D eigenvalue weighted by molar-refractivity contribution is 7.89. The van der Waals surface area contributed by atoms with Crippen molar-refractivity contribution in [2.24, 2.45) is 0 Å². The van der Waals surface area contributed by atoms with Crippen molar-refractivity contribution in [3.8, 4) is 0 Å². The topological polar surface area (TPSA) is 91.6 Å². The van der Waals surface area contributed by atoms with Crippen LogP contribution in [0.15, 0.2) is 21.6 Å². The van der Waals surface area contributed by atoms with E-state index in [4.69, 9.17) is 9.52 Å². The minimum absolute atomic E-state index is 0.0734. The zero-order chi connectivity index (χ0) is 14.5. The fourth-order valence-corrected chi connectivity index (χ4v) is 3.15. The van der Waals surface area contributed by atoms with E-state index < -0.39 is 15.6 Å². The number of hydrogen-bond acceptors (Lipinski definition) is 5. The van der Waals surface area contributed by atoms with E-state index >= 15 is 0 Å². The minimum atomic E-state index is -3.71. The van der Waals surface area contributed by atoms with Gasteiger partial charge in [-0.25, -0.2) is 13.1 Å². The van der Waals surface area contributed by atoms with E-state index in [1.807, 2.05) is 6.92 Å². The van der Waals surface area contributed by atoms with Gasteiger partial charge in [-0.05, 0) is 38.9 Å². The van der Waals surface area contributed by atoms with Gasteiger partial charge in [0.1, 0.15) is 5.76 Å². The lowest BCUT2D eigenvalue weighted by molar-refractivity contribution is 0.232. The highest BCUT2D eigenvalue weighted by Crippen LogP contribution is 2.20. The van der Waals surface area contributed by atoms with E-state index in [0.29, 0.717) is 25.1 Å². The van der Waals surface area contributed by atoms with E-state index in [2.05, 4.69) is 10.0 Å². The number of sulfonamides is 1. The maximum atomic E-state index is 12.2. The van der Waals surface area contributed by atoms with Crippen LogP contribution in [-0.2, 0) is 16.6 Å². The summed E-state index contributed by atoms with van der Waals surface area (Å²) in [5, 5.41) is 11.8. The van der Waals surface area contributed by atoms with Crippen LogP contribution in [-0.4, -0.2) is 32.7 Å². The quantitative estimate of drug-likeness (QED) is 0.659. The van der Waals surface area contributed by atoms with Crippen molar-refractivity contribution in [2.45, 2.75) is 43.9 Å². The van der Waals surface area contributed by atoms with Crippen molar-refractivity contribution in [2.75, 3.05) is 13.7 Å². The second-order valence-corrected chi connectivity index (χ2v) is 6.36. The molecule has 1 aromatic rings. The molecule has 0 saturated heterocycles. The maximum absolute atomic E-state index is 12.2. The lowest BCUT2D eigenvalue weighted by Crippen LogP contribution is -2.45. The Bertz CT molecular complexity index is 498. The number of rotatable bonds is 8. The number of hydrogen-bond donors (Lipinski definition) is 3. The van der Waals surface area contributed by atoms with Crippen LogP contribution in [0.4, 0.5) is 0 Å². The highest BCUT2D eigenvalue weighted by atomic mass is 32.2. The Kier molecular flexibility index (Phi) is 5.54. The van der Waals surface area contributed by atoms with E-state index in [1.54, 1.807) is 20.0 Å². The van der Waals surface area contributed by atoms with Gasteiger partial charge in [-0.2, -0.15) is 0 Å². The maximum Gasteiger partial charge on any atom is 0.274 e. The van der Waals surface area contributed by atoms with E-state index in [1.165, 1.54) is 6.07 Å². The minimum Gasteiger partial charge on any atom is -0.447 e. The van der Waals surface area contributed by atoms with Crippen LogP contribution in [0.25, 0.3) is 0 Å². The summed E-state index contributed by atoms with van der Waals surface area (Å²) in [5.74, 6) is 0.559. The standard InChI is InChI=1S/C12H22N2O4S/c1-4-12(2,7-8-15)14-19(16,17)11-6-5-10(18-11)9-13-3/h5-6,13-15H,4,7-9H2,1-3H3. The van der Waals surface area contributed by atoms with Gasteiger partial charge in [0.2, 0.25) is 5.09 Å². The van der Waals surface area contributed by atoms with E-state index in [-0.39, 0.29) is 11.7 Å². The first-order valence-electron chi connectivity index (χ1n) is 6.25. The number of furan rings is 1. The molecule has 19 heavy (non-hydrogen) atoms. The Morgan fingerprint density at radius 3 is 2.63 bits per heavy atom. The molecule has 0 aliphatic heterocycles. The Morgan fingerprint density at radius 1 is 1.42 bits per heavy atom. The Labute approximate surface area is 114 Å². The first kappa shape index (κ1) is 16.2. The smallest absolute Gasteiger partial charge is 0.274 e. The van der Waals surface area contributed by atoms with Gasteiger partial charge >= 0.3 is 0 Å². The molecule has 7 heteroatoms. The largest absolute Gasteiger partial charge is 0.447 e. The molecule has 0 radical (unpaired) electrons. The third-order valence-electron chi connectivity index (χ3n) is 3.08. The van der Waals surface area contributed by atoms with Gasteiger partial charge in [0.25, 0.3) is 10.0 Å². The molecule has 110 valence electrons. The molecule has 1 unspecified atom stereocenters. The molecule has 0 aliphatic carbocycles. The third-order valence-corrected chi connectivity index (χ3v) is 4.59. The predicted molar refractivity (Wildman–Crippen MR) is 72.2 cm³/mol. The summed E-state index contributed by atoms with van der Waals surface area (Å²) in [4.78, 5) is 0. The monoisotopic (exact) mass is 290 g/mol. The third kappa shape index (κ3) is 4.31. The summed E-state index contributed by atoms with van der Waals surface area (Å²) in [6.45, 7) is 4.03. The summed E-state index contributed by atoms with van der Waals surface area (Å²) in [6.07, 6.45) is 0.934. The summed E-state index contributed by atoms with van der Waals surface area (Å²) < 4.78 is 32.3. The zero-order valence-electron chi connectivity index (χ0n) is 11.6. The molecule has 0 amide bonds. The van der Waals surface area contributed by atoms with Gasteiger partial charge in [0.15, 0.2) is 0 Å². The molecule has 3 N–H and O–H groups in total. The van der Waals surface area contributed by atoms with Crippen LogP contribution in [0.3, 0.4) is 0 Å². The van der Waals surface area contributed by atoms with Gasteiger partial charge in [-0.1, -0.05) is 6.92 Å². The molecular weight excluding hydrogens is 268 g/mol. The van der Waals surface area contributed by atoms with Crippen molar-refractivity contribution in [3.63, 3.8) is 0 Å². The van der Waals surface area contributed by atoms with Crippen LogP contribution in [0, 0.1) is 0 Å². The lowest BCUT2D eigenvalue weighted by atomic mass is 9.97. The molecule has 0 aliphatic rings. The fourth-order valence-electron chi connectivity index (χ4n) is 1.69. The number of nitrogens with one attached hydrogen (secondary N) is 2. The summed E-state index contributed by atoms with van der Waals surface area (Å²) in [5.41, 5.74) is -0.677. The molecule has 1 atom stereocenters. The second-order valence-electron chi connectivity index (χ2n) is 4.74. The van der Waals surface area contributed by atoms with Crippen LogP contribution in [0.2, 0.25) is 0 Å².